The minimum absolute atomic E-state index is 0.0258. The van der Waals surface area contributed by atoms with E-state index in [-0.39, 0.29) is 11.8 Å². The molecule has 1 aliphatic heterocycles. The zero-order valence-electron chi connectivity index (χ0n) is 16.5. The topological polar surface area (TPSA) is 75.4 Å². The second kappa shape index (κ2) is 7.89. The van der Waals surface area contributed by atoms with Gasteiger partial charge in [-0.15, -0.1) is 6.58 Å². The van der Waals surface area contributed by atoms with Gasteiger partial charge in [0.25, 0.3) is 5.91 Å². The maximum absolute atomic E-state index is 13.2. The molecule has 1 aliphatic rings. The number of carbonyl (C=O) groups is 2. The molecule has 0 aromatic heterocycles. The first-order valence-corrected chi connectivity index (χ1v) is 9.50. The van der Waals surface area contributed by atoms with E-state index >= 15 is 0 Å². The highest BCUT2D eigenvalue weighted by atomic mass is 16.2. The number of hydrogen-bond acceptors (Lipinski definition) is 3. The van der Waals surface area contributed by atoms with E-state index in [4.69, 9.17) is 5.73 Å². The first-order valence-electron chi connectivity index (χ1n) is 9.50. The maximum atomic E-state index is 13.2. The predicted octanol–water partition coefficient (Wildman–Crippen LogP) is 3.32. The lowest BCUT2D eigenvalue weighted by atomic mass is 9.88. The average Bonchev–Trinajstić information content (AvgIpc) is 3.11. The Bertz CT molecular complexity index is 908. The van der Waals surface area contributed by atoms with E-state index < -0.39 is 5.54 Å². The molecule has 0 radical (unpaired) electrons. The van der Waals surface area contributed by atoms with Gasteiger partial charge in [-0.2, -0.15) is 0 Å². The molecule has 3 N–H and O–H groups in total. The lowest BCUT2D eigenvalue weighted by Crippen LogP contribution is -2.48. The number of amides is 2. The number of likely N-dealkylation sites (tertiary alicyclic amines) is 1. The third-order valence-electron chi connectivity index (χ3n) is 5.48. The zero-order chi connectivity index (χ0) is 20.3. The van der Waals surface area contributed by atoms with Crippen LogP contribution in [0.2, 0.25) is 0 Å². The van der Waals surface area contributed by atoms with Crippen molar-refractivity contribution in [2.75, 3.05) is 18.8 Å². The Morgan fingerprint density at radius 1 is 1.21 bits per heavy atom. The predicted molar refractivity (Wildman–Crippen MR) is 112 cm³/mol. The maximum Gasteiger partial charge on any atom is 0.252 e. The largest absolute Gasteiger partial charge is 0.398 e. The number of nitrogens with two attached hydrogens (primary N) is 1. The van der Waals surface area contributed by atoms with Gasteiger partial charge in [-0.1, -0.05) is 42.5 Å². The molecule has 1 heterocycles. The van der Waals surface area contributed by atoms with Crippen molar-refractivity contribution in [1.82, 2.24) is 10.2 Å². The first kappa shape index (κ1) is 19.7. The lowest BCUT2D eigenvalue weighted by Gasteiger charge is -2.31. The van der Waals surface area contributed by atoms with Crippen LogP contribution in [0, 0.1) is 13.8 Å². The van der Waals surface area contributed by atoms with Crippen LogP contribution in [0.1, 0.15) is 39.9 Å². The van der Waals surface area contributed by atoms with Crippen LogP contribution in [0.15, 0.2) is 55.1 Å². The van der Waals surface area contributed by atoms with Crippen LogP contribution in [0.3, 0.4) is 0 Å². The molecule has 1 atom stereocenters. The molecular weight excluding hydrogens is 350 g/mol. The molecule has 0 spiro atoms. The van der Waals surface area contributed by atoms with Crippen LogP contribution in [0.4, 0.5) is 5.69 Å². The van der Waals surface area contributed by atoms with E-state index in [9.17, 15) is 9.59 Å². The van der Waals surface area contributed by atoms with Crippen LogP contribution in [-0.4, -0.2) is 29.8 Å². The number of nitrogens with zero attached hydrogens (tertiary/aromatic N) is 1. The van der Waals surface area contributed by atoms with E-state index in [1.165, 1.54) is 0 Å². The number of rotatable bonds is 5. The lowest BCUT2D eigenvalue weighted by molar-refractivity contribution is -0.129. The Balaban J connectivity index is 1.93. The van der Waals surface area contributed by atoms with Gasteiger partial charge < -0.3 is 16.0 Å². The second-order valence-corrected chi connectivity index (χ2v) is 7.48. The van der Waals surface area contributed by atoms with Gasteiger partial charge in [0.05, 0.1) is 5.54 Å². The molecule has 1 saturated heterocycles. The molecule has 0 saturated carbocycles. The summed E-state index contributed by atoms with van der Waals surface area (Å²) in [7, 11) is 0. The Morgan fingerprint density at radius 3 is 2.61 bits per heavy atom. The van der Waals surface area contributed by atoms with Gasteiger partial charge in [0.15, 0.2) is 0 Å². The second-order valence-electron chi connectivity index (χ2n) is 7.48. The van der Waals surface area contributed by atoms with Crippen molar-refractivity contribution < 1.29 is 9.59 Å². The average molecular weight is 377 g/mol. The number of nitrogen functional groups attached to an aromatic ring is 1. The smallest absolute Gasteiger partial charge is 0.252 e. The van der Waals surface area contributed by atoms with Crippen LogP contribution in [-0.2, 0) is 10.3 Å². The molecule has 0 bridgehead atoms. The Hall–Kier alpha value is -3.08. The summed E-state index contributed by atoms with van der Waals surface area (Å²) in [4.78, 5) is 27.4. The van der Waals surface area contributed by atoms with Crippen molar-refractivity contribution in [3.63, 3.8) is 0 Å². The van der Waals surface area contributed by atoms with Crippen molar-refractivity contribution in [1.29, 1.82) is 0 Å². The fourth-order valence-corrected chi connectivity index (χ4v) is 3.84. The van der Waals surface area contributed by atoms with Crippen molar-refractivity contribution in [2.24, 2.45) is 0 Å². The van der Waals surface area contributed by atoms with E-state index in [1.54, 1.807) is 17.0 Å². The van der Waals surface area contributed by atoms with E-state index in [1.807, 2.05) is 50.2 Å². The standard InChI is InChI=1S/C23H27N3O2/c1-4-8-21(27)26-12-11-23(15-26,18-9-6-5-7-10-18)25-22(28)19-14-20(24)17(3)13-16(19)2/h4-7,9-10,13-14H,1,8,11-12,15,24H2,2-3H3,(H,25,28). The van der Waals surface area contributed by atoms with E-state index in [0.29, 0.717) is 37.2 Å². The van der Waals surface area contributed by atoms with Crippen LogP contribution < -0.4 is 11.1 Å². The number of carbonyl (C=O) groups excluding carboxylic acids is 2. The highest BCUT2D eigenvalue weighted by Gasteiger charge is 2.42. The molecule has 3 rings (SSSR count). The number of aryl methyl sites for hydroxylation is 2. The molecule has 5 nitrogen and oxygen atoms in total. The van der Waals surface area contributed by atoms with Gasteiger partial charge in [0.1, 0.15) is 0 Å². The van der Waals surface area contributed by atoms with Crippen molar-refractivity contribution >= 4 is 17.5 Å². The molecule has 0 aliphatic carbocycles. The molecular formula is C23H27N3O2. The fraction of sp³-hybridized carbons (Fsp3) is 0.304. The van der Waals surface area contributed by atoms with Crippen LogP contribution in [0.5, 0.6) is 0 Å². The Kier molecular flexibility index (Phi) is 5.54. The monoisotopic (exact) mass is 377 g/mol. The quantitative estimate of drug-likeness (QED) is 0.620. The van der Waals surface area contributed by atoms with Gasteiger partial charge in [0.2, 0.25) is 5.91 Å². The minimum atomic E-state index is -0.624. The van der Waals surface area contributed by atoms with Crippen LogP contribution in [0.25, 0.3) is 0 Å². The van der Waals surface area contributed by atoms with Crippen molar-refractivity contribution in [2.45, 2.75) is 32.2 Å². The number of anilines is 1. The molecule has 1 fully saturated rings. The summed E-state index contributed by atoms with van der Waals surface area (Å²) in [6, 6.07) is 13.5. The molecule has 1 unspecified atom stereocenters. The highest BCUT2D eigenvalue weighted by Crippen LogP contribution is 2.33. The number of benzene rings is 2. The van der Waals surface area contributed by atoms with Crippen molar-refractivity contribution in [3.05, 3.63) is 77.4 Å². The third-order valence-corrected chi connectivity index (χ3v) is 5.48. The molecule has 28 heavy (non-hydrogen) atoms. The van der Waals surface area contributed by atoms with Crippen LogP contribution >= 0.6 is 0 Å². The number of hydrogen-bond donors (Lipinski definition) is 2. The van der Waals surface area contributed by atoms with E-state index in [2.05, 4.69) is 11.9 Å². The van der Waals surface area contributed by atoms with E-state index in [0.717, 1.165) is 16.7 Å². The molecule has 2 aromatic carbocycles. The summed E-state index contributed by atoms with van der Waals surface area (Å²) in [6.07, 6.45) is 2.57. The van der Waals surface area contributed by atoms with Gasteiger partial charge in [0, 0.05) is 30.8 Å². The third kappa shape index (κ3) is 3.79. The molecule has 2 amide bonds. The van der Waals surface area contributed by atoms with Gasteiger partial charge in [-0.25, -0.2) is 0 Å². The summed E-state index contributed by atoms with van der Waals surface area (Å²) in [5, 5.41) is 3.23. The fourth-order valence-electron chi connectivity index (χ4n) is 3.84. The zero-order valence-corrected chi connectivity index (χ0v) is 16.5. The molecule has 5 heteroatoms. The first-order chi connectivity index (χ1) is 13.4. The Morgan fingerprint density at radius 2 is 1.93 bits per heavy atom. The SMILES string of the molecule is C=CCC(=O)N1CCC(NC(=O)c2cc(N)c(C)cc2C)(c2ccccc2)C1. The highest BCUT2D eigenvalue weighted by molar-refractivity contribution is 5.97. The van der Waals surface area contributed by atoms with Gasteiger partial charge in [-0.05, 0) is 43.0 Å². The number of nitrogens with one attached hydrogen (secondary N) is 1. The van der Waals surface area contributed by atoms with Crippen molar-refractivity contribution in [3.8, 4) is 0 Å². The normalized spacial score (nSPS) is 18.7. The summed E-state index contributed by atoms with van der Waals surface area (Å²) < 4.78 is 0. The minimum Gasteiger partial charge on any atom is -0.398 e. The van der Waals surface area contributed by atoms with Gasteiger partial charge in [-0.3, -0.25) is 9.59 Å². The van der Waals surface area contributed by atoms with Gasteiger partial charge >= 0.3 is 0 Å². The Labute approximate surface area is 166 Å². The summed E-state index contributed by atoms with van der Waals surface area (Å²) in [6.45, 7) is 8.52. The summed E-state index contributed by atoms with van der Waals surface area (Å²) in [5.41, 5.74) is 9.40. The summed E-state index contributed by atoms with van der Waals surface area (Å²) >= 11 is 0. The molecule has 146 valence electrons. The summed E-state index contributed by atoms with van der Waals surface area (Å²) in [5.74, 6) is -0.149. The molecule has 2 aromatic rings.